The average molecular weight is 196 g/mol. The van der Waals surface area contributed by atoms with Gasteiger partial charge in [0.05, 0.1) is 0 Å². The van der Waals surface area contributed by atoms with Crippen LogP contribution in [0.25, 0.3) is 0 Å². The Labute approximate surface area is 86.8 Å². The number of thioether (sulfide) groups is 1. The van der Waals surface area contributed by atoms with Gasteiger partial charge in [0.2, 0.25) is 0 Å². The molecular weight excluding hydrogens is 176 g/mol. The smallest absolute Gasteiger partial charge is 0.0369 e. The molecule has 1 aliphatic heterocycles. The Hall–Kier alpha value is -0.430. The molecule has 2 rings (SSSR count). The van der Waals surface area contributed by atoms with Crippen molar-refractivity contribution in [2.24, 2.45) is 5.92 Å². The Morgan fingerprint density at radius 1 is 0.846 bits per heavy atom. The Morgan fingerprint density at radius 2 is 1.46 bits per heavy atom. The maximum absolute atomic E-state index is 2.26. The maximum atomic E-state index is 2.26. The molecule has 0 nitrogen and oxygen atoms in total. The first-order chi connectivity index (χ1) is 6.47. The quantitative estimate of drug-likeness (QED) is 0.553. The van der Waals surface area contributed by atoms with Gasteiger partial charge in [0.1, 0.15) is 0 Å². The number of hydrogen-bond acceptors (Lipinski definition) is 1. The molecule has 0 fully saturated rings. The minimum absolute atomic E-state index is 0.681. The van der Waals surface area contributed by atoms with Crippen molar-refractivity contribution < 1.29 is 0 Å². The van der Waals surface area contributed by atoms with Gasteiger partial charge in [0, 0.05) is 11.2 Å². The molecule has 0 N–H and O–H groups in total. The average Bonchev–Trinajstić information content (AvgIpc) is 2.71. The van der Waals surface area contributed by atoms with E-state index in [1.807, 2.05) is 39.5 Å². The molecule has 13 heavy (non-hydrogen) atoms. The van der Waals surface area contributed by atoms with E-state index in [2.05, 4.69) is 35.8 Å². The predicted octanol–water partition coefficient (Wildman–Crippen LogP) is 4.41. The molecule has 0 radical (unpaired) electrons. The van der Waals surface area contributed by atoms with E-state index >= 15 is 0 Å². The van der Waals surface area contributed by atoms with Crippen molar-refractivity contribution in [3.8, 4) is 0 Å². The Kier molecular flexibility index (Phi) is 7.91. The molecule has 1 heterocycles. The van der Waals surface area contributed by atoms with Gasteiger partial charge in [-0.2, -0.15) is 0 Å². The predicted molar refractivity (Wildman–Crippen MR) is 65.0 cm³/mol. The lowest BCUT2D eigenvalue weighted by Crippen LogP contribution is -2.07. The third-order valence-electron chi connectivity index (χ3n) is 1.66. The van der Waals surface area contributed by atoms with Crippen LogP contribution in [0.3, 0.4) is 0 Å². The maximum Gasteiger partial charge on any atom is 0.0369 e. The van der Waals surface area contributed by atoms with Gasteiger partial charge >= 0.3 is 0 Å². The third-order valence-corrected chi connectivity index (χ3v) is 2.76. The molecule has 74 valence electrons. The fourth-order valence-electron chi connectivity index (χ4n) is 1.14. The highest BCUT2D eigenvalue weighted by molar-refractivity contribution is 8.03. The van der Waals surface area contributed by atoms with E-state index in [1.54, 1.807) is 0 Å². The van der Waals surface area contributed by atoms with Crippen LogP contribution in [0.15, 0.2) is 35.8 Å². The molecule has 0 spiro atoms. The van der Waals surface area contributed by atoms with Crippen LogP contribution >= 0.6 is 11.8 Å². The summed E-state index contributed by atoms with van der Waals surface area (Å²) in [6.45, 7) is 8.00. The van der Waals surface area contributed by atoms with Crippen molar-refractivity contribution in [2.75, 3.05) is 0 Å². The molecule has 2 aliphatic rings. The van der Waals surface area contributed by atoms with E-state index < -0.39 is 0 Å². The first-order valence-corrected chi connectivity index (χ1v) is 6.08. The molecule has 0 saturated heterocycles. The van der Waals surface area contributed by atoms with Crippen molar-refractivity contribution in [1.82, 2.24) is 0 Å². The summed E-state index contributed by atoms with van der Waals surface area (Å²) in [5.74, 6) is 0.681. The molecular formula is C12H20S. The van der Waals surface area contributed by atoms with Crippen LogP contribution in [0, 0.1) is 5.92 Å². The van der Waals surface area contributed by atoms with Gasteiger partial charge in [-0.05, 0) is 5.41 Å². The van der Waals surface area contributed by atoms with Crippen LogP contribution in [0.4, 0.5) is 0 Å². The zero-order valence-electron chi connectivity index (χ0n) is 9.03. The van der Waals surface area contributed by atoms with Crippen molar-refractivity contribution >= 4 is 11.8 Å². The fraction of sp³-hybridized carbons (Fsp3) is 0.500. The standard InChI is InChI=1S/C8H8S.2C2H6/c1-2-4-8-7(3-1)5-6-9-8;2*1-2/h1-8H;2*1-2H3. The minimum atomic E-state index is 0.681. The summed E-state index contributed by atoms with van der Waals surface area (Å²) >= 11 is 1.91. The summed E-state index contributed by atoms with van der Waals surface area (Å²) < 4.78 is 0. The van der Waals surface area contributed by atoms with E-state index in [0.717, 1.165) is 0 Å². The second-order valence-corrected chi connectivity index (χ2v) is 3.37. The molecule has 0 saturated carbocycles. The molecule has 2 unspecified atom stereocenters. The fourth-order valence-corrected chi connectivity index (χ4v) is 2.14. The van der Waals surface area contributed by atoms with Crippen molar-refractivity contribution in [1.29, 1.82) is 0 Å². The van der Waals surface area contributed by atoms with Crippen LogP contribution in [-0.4, -0.2) is 5.25 Å². The zero-order valence-corrected chi connectivity index (χ0v) is 9.84. The zero-order chi connectivity index (χ0) is 10.1. The lowest BCUT2D eigenvalue weighted by atomic mass is 10.0. The largest absolute Gasteiger partial charge is 0.126 e. The van der Waals surface area contributed by atoms with Crippen LogP contribution in [-0.2, 0) is 0 Å². The van der Waals surface area contributed by atoms with E-state index in [9.17, 15) is 0 Å². The number of rotatable bonds is 0. The second kappa shape index (κ2) is 8.18. The first-order valence-electron chi connectivity index (χ1n) is 5.14. The highest BCUT2D eigenvalue weighted by Crippen LogP contribution is 2.33. The van der Waals surface area contributed by atoms with E-state index in [1.165, 1.54) is 0 Å². The Balaban J connectivity index is 0.000000322. The van der Waals surface area contributed by atoms with Crippen molar-refractivity contribution in [2.45, 2.75) is 32.9 Å². The lowest BCUT2D eigenvalue weighted by Gasteiger charge is -2.12. The van der Waals surface area contributed by atoms with Crippen LogP contribution in [0.1, 0.15) is 27.7 Å². The second-order valence-electron chi connectivity index (χ2n) is 2.28. The van der Waals surface area contributed by atoms with Gasteiger partial charge in [-0.25, -0.2) is 0 Å². The van der Waals surface area contributed by atoms with Gasteiger partial charge in [-0.1, -0.05) is 58.1 Å². The van der Waals surface area contributed by atoms with Gasteiger partial charge < -0.3 is 0 Å². The summed E-state index contributed by atoms with van der Waals surface area (Å²) in [7, 11) is 0. The van der Waals surface area contributed by atoms with Gasteiger partial charge in [0.25, 0.3) is 0 Å². The van der Waals surface area contributed by atoms with Crippen LogP contribution in [0.2, 0.25) is 0 Å². The molecule has 1 aliphatic carbocycles. The SMILES string of the molecule is C1=CC2C=CSC2C=C1.CC.CC. The molecule has 0 amide bonds. The summed E-state index contributed by atoms with van der Waals surface area (Å²) in [4.78, 5) is 0. The number of hydrogen-bond donors (Lipinski definition) is 0. The summed E-state index contributed by atoms with van der Waals surface area (Å²) in [5.41, 5.74) is 0. The molecule has 1 heteroatoms. The minimum Gasteiger partial charge on any atom is -0.126 e. The highest BCUT2D eigenvalue weighted by Gasteiger charge is 2.19. The number of allylic oxidation sites excluding steroid dienone is 4. The monoisotopic (exact) mass is 196 g/mol. The molecule has 0 aromatic heterocycles. The summed E-state index contributed by atoms with van der Waals surface area (Å²) in [5, 5.41) is 2.89. The van der Waals surface area contributed by atoms with E-state index in [-0.39, 0.29) is 0 Å². The Morgan fingerprint density at radius 3 is 2.08 bits per heavy atom. The van der Waals surface area contributed by atoms with Crippen LogP contribution < -0.4 is 0 Å². The Bertz CT molecular complexity index is 189. The summed E-state index contributed by atoms with van der Waals surface area (Å²) in [6.07, 6.45) is 11.0. The van der Waals surface area contributed by atoms with Gasteiger partial charge in [-0.15, -0.1) is 11.8 Å². The van der Waals surface area contributed by atoms with E-state index in [4.69, 9.17) is 0 Å². The summed E-state index contributed by atoms with van der Waals surface area (Å²) in [6, 6.07) is 0. The van der Waals surface area contributed by atoms with Gasteiger partial charge in [-0.3, -0.25) is 0 Å². The molecule has 2 atom stereocenters. The first kappa shape index (κ1) is 12.6. The molecule has 0 aromatic carbocycles. The topological polar surface area (TPSA) is 0 Å². The number of fused-ring (bicyclic) bond motifs is 1. The lowest BCUT2D eigenvalue weighted by molar-refractivity contribution is 0.856. The van der Waals surface area contributed by atoms with Gasteiger partial charge in [0.15, 0.2) is 0 Å². The third kappa shape index (κ3) is 3.86. The molecule has 0 bridgehead atoms. The van der Waals surface area contributed by atoms with Crippen molar-refractivity contribution in [3.63, 3.8) is 0 Å². The highest BCUT2D eigenvalue weighted by atomic mass is 32.2. The van der Waals surface area contributed by atoms with E-state index in [0.29, 0.717) is 11.2 Å². The van der Waals surface area contributed by atoms with Crippen molar-refractivity contribution in [3.05, 3.63) is 35.8 Å². The van der Waals surface area contributed by atoms with Crippen LogP contribution in [0.5, 0.6) is 0 Å². The molecule has 0 aromatic rings. The normalized spacial score (nSPS) is 26.8.